The van der Waals surface area contributed by atoms with Gasteiger partial charge in [-0.1, -0.05) is 12.1 Å². The van der Waals surface area contributed by atoms with E-state index in [1.54, 1.807) is 0 Å². The van der Waals surface area contributed by atoms with Crippen molar-refractivity contribution in [3.8, 4) is 0 Å². The monoisotopic (exact) mass is 230 g/mol. The normalized spacial score (nSPS) is 19.9. The maximum absolute atomic E-state index is 5.94. The summed E-state index contributed by atoms with van der Waals surface area (Å²) in [6.45, 7) is 3.10. The van der Waals surface area contributed by atoms with Crippen LogP contribution in [0.2, 0.25) is 0 Å². The Bertz CT molecular complexity index is 393. The summed E-state index contributed by atoms with van der Waals surface area (Å²) in [6.07, 6.45) is 5.74. The zero-order valence-corrected chi connectivity index (χ0v) is 10.6. The molecule has 0 spiro atoms. The van der Waals surface area contributed by atoms with Crippen LogP contribution in [0.15, 0.2) is 18.2 Å². The van der Waals surface area contributed by atoms with Gasteiger partial charge < -0.3 is 11.1 Å². The highest BCUT2D eigenvalue weighted by Crippen LogP contribution is 2.44. The summed E-state index contributed by atoms with van der Waals surface area (Å²) in [7, 11) is 0. The van der Waals surface area contributed by atoms with Gasteiger partial charge in [-0.05, 0) is 61.6 Å². The summed E-state index contributed by atoms with van der Waals surface area (Å²) >= 11 is 0. The summed E-state index contributed by atoms with van der Waals surface area (Å²) < 4.78 is 0. The SMILES string of the molecule is Cc1c(N)cccc1CNC(C1CC1)C1CC1. The van der Waals surface area contributed by atoms with Crippen molar-refractivity contribution in [3.63, 3.8) is 0 Å². The van der Waals surface area contributed by atoms with Gasteiger partial charge in [0.2, 0.25) is 0 Å². The zero-order valence-electron chi connectivity index (χ0n) is 10.6. The fraction of sp³-hybridized carbons (Fsp3) is 0.600. The number of nitrogens with one attached hydrogen (secondary N) is 1. The summed E-state index contributed by atoms with van der Waals surface area (Å²) in [5.74, 6) is 1.92. The smallest absolute Gasteiger partial charge is 0.0346 e. The highest BCUT2D eigenvalue weighted by atomic mass is 14.9. The van der Waals surface area contributed by atoms with Gasteiger partial charge in [-0.15, -0.1) is 0 Å². The highest BCUT2D eigenvalue weighted by Gasteiger charge is 2.40. The second kappa shape index (κ2) is 4.34. The van der Waals surface area contributed by atoms with Crippen molar-refractivity contribution >= 4 is 5.69 Å². The van der Waals surface area contributed by atoms with E-state index >= 15 is 0 Å². The minimum Gasteiger partial charge on any atom is -0.399 e. The number of benzene rings is 1. The van der Waals surface area contributed by atoms with E-state index in [2.05, 4.69) is 24.4 Å². The van der Waals surface area contributed by atoms with Crippen LogP contribution in [0.5, 0.6) is 0 Å². The largest absolute Gasteiger partial charge is 0.399 e. The van der Waals surface area contributed by atoms with Crippen LogP contribution in [0.4, 0.5) is 5.69 Å². The molecule has 0 saturated heterocycles. The van der Waals surface area contributed by atoms with E-state index in [4.69, 9.17) is 5.73 Å². The molecule has 2 aliphatic rings. The molecular weight excluding hydrogens is 208 g/mol. The Morgan fingerprint density at radius 1 is 1.24 bits per heavy atom. The molecule has 2 aliphatic carbocycles. The lowest BCUT2D eigenvalue weighted by molar-refractivity contribution is 0.415. The van der Waals surface area contributed by atoms with Crippen LogP contribution in [-0.4, -0.2) is 6.04 Å². The Morgan fingerprint density at radius 3 is 2.47 bits per heavy atom. The number of nitrogens with two attached hydrogens (primary N) is 1. The van der Waals surface area contributed by atoms with Crippen molar-refractivity contribution in [2.75, 3.05) is 5.73 Å². The van der Waals surface area contributed by atoms with E-state index in [1.165, 1.54) is 36.8 Å². The second-order valence-corrected chi connectivity index (χ2v) is 5.71. The van der Waals surface area contributed by atoms with Gasteiger partial charge in [0, 0.05) is 18.3 Å². The van der Waals surface area contributed by atoms with Gasteiger partial charge in [-0.3, -0.25) is 0 Å². The summed E-state index contributed by atoms with van der Waals surface area (Å²) in [4.78, 5) is 0. The third kappa shape index (κ3) is 2.47. The molecule has 0 aromatic heterocycles. The lowest BCUT2D eigenvalue weighted by Gasteiger charge is -2.18. The standard InChI is InChI=1S/C15H22N2/c1-10-13(3-2-4-14(10)16)9-17-15(11-5-6-11)12-7-8-12/h2-4,11-12,15,17H,5-9,16H2,1H3. The molecule has 2 fully saturated rings. The number of rotatable bonds is 5. The maximum Gasteiger partial charge on any atom is 0.0346 e. The average Bonchev–Trinajstić information content (AvgIpc) is 3.14. The fourth-order valence-corrected chi connectivity index (χ4v) is 2.75. The van der Waals surface area contributed by atoms with Gasteiger partial charge in [0.05, 0.1) is 0 Å². The summed E-state index contributed by atoms with van der Waals surface area (Å²) in [5, 5.41) is 3.77. The molecule has 0 unspecified atom stereocenters. The molecule has 3 rings (SSSR count). The lowest BCUT2D eigenvalue weighted by atomic mass is 10.0. The van der Waals surface area contributed by atoms with E-state index in [-0.39, 0.29) is 0 Å². The molecule has 0 atom stereocenters. The highest BCUT2D eigenvalue weighted by molar-refractivity contribution is 5.49. The molecule has 3 N–H and O–H groups in total. The minimum absolute atomic E-state index is 0.774. The first-order chi connectivity index (χ1) is 8.25. The van der Waals surface area contributed by atoms with Crippen molar-refractivity contribution in [1.82, 2.24) is 5.32 Å². The molecule has 1 aromatic carbocycles. The molecule has 0 bridgehead atoms. The first-order valence-electron chi connectivity index (χ1n) is 6.83. The first-order valence-corrected chi connectivity index (χ1v) is 6.83. The molecule has 2 saturated carbocycles. The van der Waals surface area contributed by atoms with E-state index in [0.29, 0.717) is 0 Å². The quantitative estimate of drug-likeness (QED) is 0.763. The van der Waals surface area contributed by atoms with Gasteiger partial charge in [0.15, 0.2) is 0 Å². The molecule has 0 radical (unpaired) electrons. The van der Waals surface area contributed by atoms with Gasteiger partial charge in [0.25, 0.3) is 0 Å². The van der Waals surface area contributed by atoms with E-state index in [9.17, 15) is 0 Å². The number of anilines is 1. The van der Waals surface area contributed by atoms with Crippen LogP contribution in [0, 0.1) is 18.8 Å². The van der Waals surface area contributed by atoms with Crippen molar-refractivity contribution < 1.29 is 0 Å². The lowest BCUT2D eigenvalue weighted by Crippen LogP contribution is -2.32. The molecule has 2 heteroatoms. The van der Waals surface area contributed by atoms with Crippen molar-refractivity contribution in [2.45, 2.75) is 45.2 Å². The molecule has 2 nitrogen and oxygen atoms in total. The van der Waals surface area contributed by atoms with Crippen LogP contribution in [0.25, 0.3) is 0 Å². The molecule has 0 heterocycles. The Hall–Kier alpha value is -1.02. The Morgan fingerprint density at radius 2 is 1.88 bits per heavy atom. The van der Waals surface area contributed by atoms with Crippen LogP contribution >= 0.6 is 0 Å². The number of hydrogen-bond acceptors (Lipinski definition) is 2. The second-order valence-electron chi connectivity index (χ2n) is 5.71. The van der Waals surface area contributed by atoms with Gasteiger partial charge in [0.1, 0.15) is 0 Å². The molecule has 0 aliphatic heterocycles. The van der Waals surface area contributed by atoms with Crippen LogP contribution in [0.1, 0.15) is 36.8 Å². The summed E-state index contributed by atoms with van der Waals surface area (Å²) in [6, 6.07) is 7.01. The third-order valence-electron chi connectivity index (χ3n) is 4.28. The first kappa shape index (κ1) is 11.1. The topological polar surface area (TPSA) is 38.0 Å². The molecule has 0 amide bonds. The van der Waals surface area contributed by atoms with E-state index in [0.717, 1.165) is 30.1 Å². The van der Waals surface area contributed by atoms with Crippen molar-refractivity contribution in [3.05, 3.63) is 29.3 Å². The van der Waals surface area contributed by atoms with Crippen LogP contribution < -0.4 is 11.1 Å². The molecular formula is C15H22N2. The Kier molecular flexibility index (Phi) is 2.83. The van der Waals surface area contributed by atoms with E-state index < -0.39 is 0 Å². The average molecular weight is 230 g/mol. The third-order valence-corrected chi connectivity index (χ3v) is 4.28. The van der Waals surface area contributed by atoms with E-state index in [1.807, 2.05) is 6.07 Å². The minimum atomic E-state index is 0.774. The molecule has 92 valence electrons. The Labute approximate surface area is 104 Å². The van der Waals surface area contributed by atoms with Gasteiger partial charge in [-0.2, -0.15) is 0 Å². The predicted octanol–water partition coefficient (Wildman–Crippen LogP) is 2.86. The molecule has 1 aromatic rings. The maximum atomic E-state index is 5.94. The zero-order chi connectivity index (χ0) is 11.8. The number of hydrogen-bond donors (Lipinski definition) is 2. The predicted molar refractivity (Wildman–Crippen MR) is 71.7 cm³/mol. The van der Waals surface area contributed by atoms with Crippen LogP contribution in [-0.2, 0) is 6.54 Å². The fourth-order valence-electron chi connectivity index (χ4n) is 2.75. The summed E-state index contributed by atoms with van der Waals surface area (Å²) in [5.41, 5.74) is 9.46. The van der Waals surface area contributed by atoms with Crippen molar-refractivity contribution in [2.24, 2.45) is 11.8 Å². The Balaban J connectivity index is 1.64. The van der Waals surface area contributed by atoms with Crippen LogP contribution in [0.3, 0.4) is 0 Å². The van der Waals surface area contributed by atoms with Gasteiger partial charge in [-0.25, -0.2) is 0 Å². The number of nitrogen functional groups attached to an aromatic ring is 1. The molecule has 17 heavy (non-hydrogen) atoms. The van der Waals surface area contributed by atoms with Crippen molar-refractivity contribution in [1.29, 1.82) is 0 Å². The van der Waals surface area contributed by atoms with Gasteiger partial charge >= 0.3 is 0 Å².